The van der Waals surface area contributed by atoms with Crippen molar-refractivity contribution in [3.05, 3.63) is 34.2 Å². The SMILES string of the molecule is FC(F)(F)c1ccc(Cl)c(-c2csc(NC3CC3)n2)c1. The average Bonchev–Trinajstić information content (AvgIpc) is 3.05. The Hall–Kier alpha value is -1.27. The van der Waals surface area contributed by atoms with Gasteiger partial charge >= 0.3 is 6.18 Å². The molecule has 0 aliphatic heterocycles. The minimum Gasteiger partial charge on any atom is -0.359 e. The maximum absolute atomic E-state index is 12.7. The highest BCUT2D eigenvalue weighted by molar-refractivity contribution is 7.14. The monoisotopic (exact) mass is 318 g/mol. The number of anilines is 1. The zero-order chi connectivity index (χ0) is 14.3. The van der Waals surface area contributed by atoms with E-state index in [0.717, 1.165) is 30.1 Å². The van der Waals surface area contributed by atoms with Crippen LogP contribution < -0.4 is 5.32 Å². The van der Waals surface area contributed by atoms with E-state index in [9.17, 15) is 13.2 Å². The van der Waals surface area contributed by atoms with Gasteiger partial charge in [-0.25, -0.2) is 4.98 Å². The predicted molar refractivity (Wildman–Crippen MR) is 74.2 cm³/mol. The van der Waals surface area contributed by atoms with Crippen LogP contribution in [0, 0.1) is 0 Å². The number of nitrogens with zero attached hydrogens (tertiary/aromatic N) is 1. The van der Waals surface area contributed by atoms with Crippen molar-refractivity contribution in [3.8, 4) is 11.3 Å². The second-order valence-electron chi connectivity index (χ2n) is 4.65. The Morgan fingerprint density at radius 2 is 2.05 bits per heavy atom. The summed E-state index contributed by atoms with van der Waals surface area (Å²) in [5.74, 6) is 0. The van der Waals surface area contributed by atoms with E-state index in [1.807, 2.05) is 0 Å². The summed E-state index contributed by atoms with van der Waals surface area (Å²) in [6, 6.07) is 3.72. The molecule has 3 rings (SSSR count). The predicted octanol–water partition coefficient (Wildman–Crippen LogP) is 5.06. The fraction of sp³-hybridized carbons (Fsp3) is 0.308. The van der Waals surface area contributed by atoms with Crippen LogP contribution in [0.3, 0.4) is 0 Å². The van der Waals surface area contributed by atoms with Gasteiger partial charge in [-0.1, -0.05) is 11.6 Å². The van der Waals surface area contributed by atoms with E-state index < -0.39 is 11.7 Å². The number of alkyl halides is 3. The topological polar surface area (TPSA) is 24.9 Å². The molecule has 1 aromatic heterocycles. The van der Waals surface area contributed by atoms with Gasteiger partial charge in [0.25, 0.3) is 0 Å². The Morgan fingerprint density at radius 3 is 2.70 bits per heavy atom. The molecule has 1 saturated carbocycles. The van der Waals surface area contributed by atoms with E-state index in [2.05, 4.69) is 10.3 Å². The van der Waals surface area contributed by atoms with Crippen LogP contribution >= 0.6 is 22.9 Å². The third-order valence-electron chi connectivity index (χ3n) is 2.98. The minimum absolute atomic E-state index is 0.265. The molecule has 2 aromatic rings. The molecule has 1 heterocycles. The van der Waals surface area contributed by atoms with Crippen molar-refractivity contribution >= 4 is 28.1 Å². The van der Waals surface area contributed by atoms with Gasteiger partial charge in [0.05, 0.1) is 16.3 Å². The second kappa shape index (κ2) is 4.93. The molecule has 0 bridgehead atoms. The van der Waals surface area contributed by atoms with Crippen LogP contribution in [0.15, 0.2) is 23.6 Å². The molecule has 0 radical (unpaired) electrons. The summed E-state index contributed by atoms with van der Waals surface area (Å²) in [5.41, 5.74) is 0.0532. The van der Waals surface area contributed by atoms with Gasteiger partial charge in [0.2, 0.25) is 0 Å². The quantitative estimate of drug-likeness (QED) is 0.856. The van der Waals surface area contributed by atoms with Crippen molar-refractivity contribution in [2.45, 2.75) is 25.1 Å². The first-order chi connectivity index (χ1) is 9.43. The van der Waals surface area contributed by atoms with Gasteiger partial charge in [0.15, 0.2) is 5.13 Å². The minimum atomic E-state index is -4.38. The van der Waals surface area contributed by atoms with E-state index in [-0.39, 0.29) is 5.02 Å². The van der Waals surface area contributed by atoms with Gasteiger partial charge < -0.3 is 5.32 Å². The lowest BCUT2D eigenvalue weighted by atomic mass is 10.1. The fourth-order valence-corrected chi connectivity index (χ4v) is 2.77. The van der Waals surface area contributed by atoms with Crippen LogP contribution in [0.1, 0.15) is 18.4 Å². The maximum atomic E-state index is 12.7. The Morgan fingerprint density at radius 1 is 1.30 bits per heavy atom. The molecule has 20 heavy (non-hydrogen) atoms. The molecule has 1 aliphatic rings. The normalized spacial score (nSPS) is 15.4. The van der Waals surface area contributed by atoms with Gasteiger partial charge in [0, 0.05) is 17.0 Å². The van der Waals surface area contributed by atoms with Crippen molar-refractivity contribution in [3.63, 3.8) is 0 Å². The number of benzene rings is 1. The molecule has 0 spiro atoms. The molecule has 0 saturated heterocycles. The highest BCUT2D eigenvalue weighted by atomic mass is 35.5. The summed E-state index contributed by atoms with van der Waals surface area (Å²) in [7, 11) is 0. The van der Waals surface area contributed by atoms with E-state index in [4.69, 9.17) is 11.6 Å². The summed E-state index contributed by atoms with van der Waals surface area (Å²) in [5, 5.41) is 5.91. The van der Waals surface area contributed by atoms with E-state index in [0.29, 0.717) is 17.3 Å². The first kappa shape index (κ1) is 13.7. The Labute approximate surface area is 122 Å². The highest BCUT2D eigenvalue weighted by Gasteiger charge is 2.31. The van der Waals surface area contributed by atoms with Crippen LogP contribution in [-0.4, -0.2) is 11.0 Å². The van der Waals surface area contributed by atoms with Crippen molar-refractivity contribution in [2.75, 3.05) is 5.32 Å². The van der Waals surface area contributed by atoms with Gasteiger partial charge in [0.1, 0.15) is 0 Å². The van der Waals surface area contributed by atoms with Crippen molar-refractivity contribution < 1.29 is 13.2 Å². The van der Waals surface area contributed by atoms with Crippen molar-refractivity contribution in [1.82, 2.24) is 4.98 Å². The molecule has 0 unspecified atom stereocenters. The van der Waals surface area contributed by atoms with Crippen LogP contribution in [0.2, 0.25) is 5.02 Å². The lowest BCUT2D eigenvalue weighted by Crippen LogP contribution is -2.05. The highest BCUT2D eigenvalue weighted by Crippen LogP contribution is 2.37. The number of thiazole rings is 1. The van der Waals surface area contributed by atoms with Gasteiger partial charge in [-0.3, -0.25) is 0 Å². The Bertz CT molecular complexity index is 635. The summed E-state index contributed by atoms with van der Waals surface area (Å²) in [6.45, 7) is 0. The molecule has 1 aliphatic carbocycles. The van der Waals surface area contributed by atoms with E-state index in [1.54, 1.807) is 5.38 Å². The standard InChI is InChI=1S/C13H10ClF3N2S/c14-10-4-1-7(13(15,16)17)5-9(10)11-6-20-12(19-11)18-8-2-3-8/h1,4-6,8H,2-3H2,(H,18,19). The molecule has 1 aromatic carbocycles. The first-order valence-electron chi connectivity index (χ1n) is 6.02. The first-order valence-corrected chi connectivity index (χ1v) is 7.28. The average molecular weight is 319 g/mol. The molecule has 1 N–H and O–H groups in total. The molecule has 7 heteroatoms. The molecular formula is C13H10ClF3N2S. The van der Waals surface area contributed by atoms with Crippen molar-refractivity contribution in [2.24, 2.45) is 0 Å². The summed E-state index contributed by atoms with van der Waals surface area (Å²) < 4.78 is 38.2. The van der Waals surface area contributed by atoms with Crippen LogP contribution in [-0.2, 0) is 6.18 Å². The van der Waals surface area contributed by atoms with Gasteiger partial charge in [-0.05, 0) is 31.0 Å². The molecule has 1 fully saturated rings. The molecule has 0 atom stereocenters. The van der Waals surface area contributed by atoms with E-state index >= 15 is 0 Å². The zero-order valence-corrected chi connectivity index (χ0v) is 11.7. The lowest BCUT2D eigenvalue weighted by Gasteiger charge is -2.09. The van der Waals surface area contributed by atoms with Crippen LogP contribution in [0.4, 0.5) is 18.3 Å². The second-order valence-corrected chi connectivity index (χ2v) is 5.91. The lowest BCUT2D eigenvalue weighted by molar-refractivity contribution is -0.137. The molecule has 0 amide bonds. The van der Waals surface area contributed by atoms with Crippen molar-refractivity contribution in [1.29, 1.82) is 0 Å². The summed E-state index contributed by atoms with van der Waals surface area (Å²) in [4.78, 5) is 4.30. The Kier molecular flexibility index (Phi) is 3.38. The van der Waals surface area contributed by atoms with Gasteiger partial charge in [-0.15, -0.1) is 11.3 Å². The number of hydrogen-bond donors (Lipinski definition) is 1. The summed E-state index contributed by atoms with van der Waals surface area (Å²) >= 11 is 7.36. The third-order valence-corrected chi connectivity index (χ3v) is 4.08. The van der Waals surface area contributed by atoms with E-state index in [1.165, 1.54) is 17.4 Å². The molecule has 106 valence electrons. The maximum Gasteiger partial charge on any atom is 0.416 e. The fourth-order valence-electron chi connectivity index (χ4n) is 1.76. The summed E-state index contributed by atoms with van der Waals surface area (Å²) in [6.07, 6.45) is -2.16. The van der Waals surface area contributed by atoms with Crippen LogP contribution in [0.5, 0.6) is 0 Å². The number of nitrogens with one attached hydrogen (secondary N) is 1. The third kappa shape index (κ3) is 2.91. The zero-order valence-electron chi connectivity index (χ0n) is 10.2. The molecule has 2 nitrogen and oxygen atoms in total. The number of hydrogen-bond acceptors (Lipinski definition) is 3. The number of rotatable bonds is 3. The number of aromatic nitrogens is 1. The number of halogens is 4. The smallest absolute Gasteiger partial charge is 0.359 e. The Balaban J connectivity index is 1.93. The molecular weight excluding hydrogens is 309 g/mol. The van der Waals surface area contributed by atoms with Gasteiger partial charge in [-0.2, -0.15) is 13.2 Å². The van der Waals surface area contributed by atoms with Crippen LogP contribution in [0.25, 0.3) is 11.3 Å². The largest absolute Gasteiger partial charge is 0.416 e.